The molecule has 1 radical (unpaired) electrons. The summed E-state index contributed by atoms with van der Waals surface area (Å²) < 4.78 is 0. The van der Waals surface area contributed by atoms with E-state index in [9.17, 15) is 4.79 Å². The van der Waals surface area contributed by atoms with Gasteiger partial charge >= 0.3 is 36.9 Å². The second-order valence-corrected chi connectivity index (χ2v) is 1.21. The number of hydrogen-bond donors (Lipinski definition) is 2. The predicted molar refractivity (Wildman–Crippen MR) is 18.5 cm³/mol. The van der Waals surface area contributed by atoms with Crippen LogP contribution in [0.5, 0.6) is 0 Å². The number of amides is 1. The maximum atomic E-state index is 9.52. The van der Waals surface area contributed by atoms with E-state index in [4.69, 9.17) is 0 Å². The van der Waals surface area contributed by atoms with Crippen molar-refractivity contribution in [2.45, 2.75) is 0 Å². The molecule has 0 fully saturated rings. The molecule has 0 aliphatic rings. The van der Waals surface area contributed by atoms with Crippen molar-refractivity contribution in [3.8, 4) is 0 Å². The van der Waals surface area contributed by atoms with Crippen molar-refractivity contribution in [3.63, 3.8) is 0 Å². The molecule has 0 spiro atoms. The van der Waals surface area contributed by atoms with E-state index in [1.54, 1.807) is 0 Å². The first-order chi connectivity index (χ1) is 2.27. The van der Waals surface area contributed by atoms with Crippen LogP contribution in [0.25, 0.3) is 0 Å². The molecular weight excluding hydrogens is 135 g/mol. The second kappa shape index (κ2) is 2.20. The van der Waals surface area contributed by atoms with Gasteiger partial charge in [-0.05, 0) is 0 Å². The van der Waals surface area contributed by atoms with Crippen LogP contribution in [0.2, 0.25) is 0 Å². The zero-order chi connectivity index (χ0) is 4.28. The van der Waals surface area contributed by atoms with Crippen LogP contribution < -0.4 is 11.3 Å². The Labute approximate surface area is 37.7 Å². The van der Waals surface area contributed by atoms with Crippen LogP contribution in [0.1, 0.15) is 0 Å². The third-order valence-corrected chi connectivity index (χ3v) is 0.365. The van der Waals surface area contributed by atoms with Gasteiger partial charge in [-0.15, -0.1) is 0 Å². The summed E-state index contributed by atoms with van der Waals surface area (Å²) in [5, 5.41) is 0. The Morgan fingerprint density at radius 3 is 2.20 bits per heavy atom. The fraction of sp³-hybridized carbons (Fsp3) is 0. The van der Waals surface area contributed by atoms with E-state index in [0.29, 0.717) is 0 Å². The zero-order valence-electron chi connectivity index (χ0n) is 2.39. The summed E-state index contributed by atoms with van der Waals surface area (Å²) in [6.45, 7) is 0. The molecule has 0 aliphatic heterocycles. The van der Waals surface area contributed by atoms with Crippen molar-refractivity contribution in [2.75, 3.05) is 0 Å². The van der Waals surface area contributed by atoms with Gasteiger partial charge in [-0.1, -0.05) is 0 Å². The molecular formula is CH3N2OSe. The third kappa shape index (κ3) is 3.95. The summed E-state index contributed by atoms with van der Waals surface area (Å²) in [5.41, 5.74) is 1.83. The van der Waals surface area contributed by atoms with Crippen LogP contribution in [-0.2, 0) is 0 Å². The number of carbonyl (C=O) groups excluding carboxylic acids is 1. The van der Waals surface area contributed by atoms with Crippen LogP contribution >= 0.6 is 0 Å². The van der Waals surface area contributed by atoms with Crippen LogP contribution in [-0.4, -0.2) is 20.8 Å². The van der Waals surface area contributed by atoms with Gasteiger partial charge in [0.2, 0.25) is 0 Å². The van der Waals surface area contributed by atoms with Crippen LogP contribution in [0, 0.1) is 0 Å². The Morgan fingerprint density at radius 1 is 2.00 bits per heavy atom. The Kier molecular flexibility index (Phi) is 2.18. The topological polar surface area (TPSA) is 55.1 Å². The summed E-state index contributed by atoms with van der Waals surface area (Å²) in [6.07, 6.45) is 0. The number of rotatable bonds is 0. The molecule has 4 heteroatoms. The minimum absolute atomic E-state index is 0.343. The summed E-state index contributed by atoms with van der Waals surface area (Å²) >= 11 is 2.11. The Bertz CT molecular complexity index is 44.9. The predicted octanol–water partition coefficient (Wildman–Crippen LogP) is -1.26. The van der Waals surface area contributed by atoms with Gasteiger partial charge in [-0.2, -0.15) is 0 Å². The second-order valence-electron chi connectivity index (χ2n) is 0.432. The van der Waals surface area contributed by atoms with Gasteiger partial charge in [-0.3, -0.25) is 0 Å². The van der Waals surface area contributed by atoms with E-state index in [-0.39, 0.29) is 4.81 Å². The Morgan fingerprint density at radius 2 is 2.20 bits per heavy atom. The van der Waals surface area contributed by atoms with Gasteiger partial charge in [0.1, 0.15) is 0 Å². The van der Waals surface area contributed by atoms with Crippen molar-refractivity contribution in [1.82, 2.24) is 5.43 Å². The Balaban J connectivity index is 2.85. The number of nitrogens with two attached hydrogens (primary N) is 1. The molecule has 0 bridgehead atoms. The van der Waals surface area contributed by atoms with Crippen molar-refractivity contribution in [3.05, 3.63) is 0 Å². The Hall–Kier alpha value is -0.0505. The van der Waals surface area contributed by atoms with Crippen molar-refractivity contribution < 1.29 is 4.79 Å². The van der Waals surface area contributed by atoms with E-state index in [1.165, 1.54) is 0 Å². The molecule has 0 atom stereocenters. The normalized spacial score (nSPS) is 6.60. The monoisotopic (exact) mass is 139 g/mol. The molecule has 3 N–H and O–H groups in total. The fourth-order valence-corrected chi connectivity index (χ4v) is 0. The molecule has 0 unspecified atom stereocenters. The van der Waals surface area contributed by atoms with Crippen molar-refractivity contribution in [2.24, 2.45) is 5.84 Å². The first-order valence-corrected chi connectivity index (χ1v) is 1.80. The zero-order valence-corrected chi connectivity index (χ0v) is 4.11. The van der Waals surface area contributed by atoms with E-state index in [2.05, 4.69) is 21.9 Å². The van der Waals surface area contributed by atoms with Gasteiger partial charge in [0.15, 0.2) is 0 Å². The molecule has 29 valence electrons. The molecule has 1 amide bonds. The fourth-order valence-electron chi connectivity index (χ4n) is 0. The van der Waals surface area contributed by atoms with E-state index in [0.717, 1.165) is 0 Å². The van der Waals surface area contributed by atoms with E-state index >= 15 is 0 Å². The molecule has 0 saturated carbocycles. The average molecular weight is 138 g/mol. The van der Waals surface area contributed by atoms with Crippen molar-refractivity contribution >= 4 is 20.8 Å². The summed E-state index contributed by atoms with van der Waals surface area (Å²) in [7, 11) is 0. The summed E-state index contributed by atoms with van der Waals surface area (Å²) in [5.74, 6) is 4.54. The van der Waals surface area contributed by atoms with E-state index in [1.807, 2.05) is 5.43 Å². The molecule has 3 nitrogen and oxygen atoms in total. The number of hydrogen-bond acceptors (Lipinski definition) is 2. The van der Waals surface area contributed by atoms with Crippen molar-refractivity contribution in [1.29, 1.82) is 0 Å². The third-order valence-electron chi connectivity index (χ3n) is 0.118. The summed E-state index contributed by atoms with van der Waals surface area (Å²) in [4.78, 5) is 9.18. The molecule has 0 aromatic rings. The van der Waals surface area contributed by atoms with Gasteiger partial charge in [-0.25, -0.2) is 0 Å². The number of hydrazine groups is 1. The molecule has 0 aromatic heterocycles. The first-order valence-electron chi connectivity index (χ1n) is 0.947. The molecule has 0 aromatic carbocycles. The molecule has 0 aliphatic carbocycles. The SMILES string of the molecule is NNC(=O)[Se]. The molecule has 0 rings (SSSR count). The van der Waals surface area contributed by atoms with Crippen LogP contribution in [0.3, 0.4) is 0 Å². The van der Waals surface area contributed by atoms with Gasteiger partial charge in [0.25, 0.3) is 0 Å². The summed E-state index contributed by atoms with van der Waals surface area (Å²) in [6, 6.07) is 0. The van der Waals surface area contributed by atoms with Gasteiger partial charge in [0.05, 0.1) is 0 Å². The van der Waals surface area contributed by atoms with Gasteiger partial charge in [0, 0.05) is 0 Å². The molecule has 0 heterocycles. The quantitative estimate of drug-likeness (QED) is 0.190. The number of carbonyl (C=O) groups is 1. The van der Waals surface area contributed by atoms with Crippen LogP contribution in [0.4, 0.5) is 4.79 Å². The molecule has 0 saturated heterocycles. The minimum atomic E-state index is -0.343. The van der Waals surface area contributed by atoms with Crippen LogP contribution in [0.15, 0.2) is 0 Å². The maximum absolute atomic E-state index is 9.52. The average Bonchev–Trinajstić information content (AvgIpc) is 1.38. The first kappa shape index (κ1) is 4.95. The molecule has 5 heavy (non-hydrogen) atoms. The van der Waals surface area contributed by atoms with E-state index < -0.39 is 0 Å². The number of nitrogens with one attached hydrogen (secondary N) is 1. The van der Waals surface area contributed by atoms with Gasteiger partial charge < -0.3 is 0 Å². The standard InChI is InChI=1S/CH3N2OSe/c2-3-1(4)5/h2H2,(H,3,4).